The van der Waals surface area contributed by atoms with E-state index in [4.69, 9.17) is 11.6 Å². The molecule has 1 N–H and O–H groups in total. The van der Waals surface area contributed by atoms with Crippen molar-refractivity contribution in [1.82, 2.24) is 5.32 Å². The van der Waals surface area contributed by atoms with Crippen LogP contribution in [0.25, 0.3) is 0 Å². The van der Waals surface area contributed by atoms with Crippen LogP contribution in [0.2, 0.25) is 5.02 Å². The van der Waals surface area contributed by atoms with Crippen molar-refractivity contribution >= 4 is 45.2 Å². The van der Waals surface area contributed by atoms with Gasteiger partial charge in [-0.1, -0.05) is 11.6 Å². The number of carbonyl (C=O) groups excluding carboxylic acids is 1. The molecule has 0 bridgehead atoms. The van der Waals surface area contributed by atoms with Gasteiger partial charge in [0.2, 0.25) is 0 Å². The fourth-order valence-electron chi connectivity index (χ4n) is 1.78. The SMILES string of the molecule is O=C(NCC1CCCS1)c1cc(Cl)ccc1Br. The molecule has 1 fully saturated rings. The van der Waals surface area contributed by atoms with Gasteiger partial charge in [0.1, 0.15) is 0 Å². The average Bonchev–Trinajstić information content (AvgIpc) is 2.82. The van der Waals surface area contributed by atoms with Crippen LogP contribution in [0, 0.1) is 0 Å². The molecule has 1 aromatic rings. The summed E-state index contributed by atoms with van der Waals surface area (Å²) in [5.41, 5.74) is 0.598. The first-order valence-corrected chi connectivity index (χ1v) is 7.73. The molecule has 0 radical (unpaired) electrons. The van der Waals surface area contributed by atoms with Crippen LogP contribution in [0.15, 0.2) is 22.7 Å². The summed E-state index contributed by atoms with van der Waals surface area (Å²) in [4.78, 5) is 12.0. The maximum atomic E-state index is 12.0. The summed E-state index contributed by atoms with van der Waals surface area (Å²) < 4.78 is 0.776. The Morgan fingerprint density at radius 2 is 2.41 bits per heavy atom. The van der Waals surface area contributed by atoms with Crippen LogP contribution >= 0.6 is 39.3 Å². The van der Waals surface area contributed by atoms with Gasteiger partial charge in [0.15, 0.2) is 0 Å². The zero-order chi connectivity index (χ0) is 12.3. The minimum atomic E-state index is -0.0631. The van der Waals surface area contributed by atoms with Crippen molar-refractivity contribution in [3.63, 3.8) is 0 Å². The number of hydrogen-bond donors (Lipinski definition) is 1. The Balaban J connectivity index is 1.96. The van der Waals surface area contributed by atoms with E-state index < -0.39 is 0 Å². The van der Waals surface area contributed by atoms with E-state index in [0.717, 1.165) is 11.0 Å². The molecule has 5 heteroatoms. The first-order valence-electron chi connectivity index (χ1n) is 5.51. The van der Waals surface area contributed by atoms with E-state index >= 15 is 0 Å². The van der Waals surface area contributed by atoms with Crippen LogP contribution in [0.4, 0.5) is 0 Å². The smallest absolute Gasteiger partial charge is 0.252 e. The van der Waals surface area contributed by atoms with Crippen molar-refractivity contribution in [1.29, 1.82) is 0 Å². The van der Waals surface area contributed by atoms with Crippen LogP contribution in [0.1, 0.15) is 23.2 Å². The molecule has 0 spiro atoms. The van der Waals surface area contributed by atoms with Crippen LogP contribution in [-0.2, 0) is 0 Å². The van der Waals surface area contributed by atoms with Gasteiger partial charge in [0.25, 0.3) is 5.91 Å². The first kappa shape index (κ1) is 13.2. The second kappa shape index (κ2) is 6.12. The molecule has 1 heterocycles. The lowest BCUT2D eigenvalue weighted by molar-refractivity contribution is 0.0953. The standard InChI is InChI=1S/C12H13BrClNOS/c13-11-4-3-8(14)6-10(11)12(16)15-7-9-2-1-5-17-9/h3-4,6,9H,1-2,5,7H2,(H,15,16). The van der Waals surface area contributed by atoms with Gasteiger partial charge in [-0.25, -0.2) is 0 Å². The Bertz CT molecular complexity index is 421. The first-order chi connectivity index (χ1) is 8.16. The molecule has 17 heavy (non-hydrogen) atoms. The van der Waals surface area contributed by atoms with Crippen LogP contribution < -0.4 is 5.32 Å². The predicted molar refractivity (Wildman–Crippen MR) is 77.0 cm³/mol. The number of hydrogen-bond acceptors (Lipinski definition) is 2. The van der Waals surface area contributed by atoms with E-state index in [2.05, 4.69) is 21.2 Å². The average molecular weight is 335 g/mol. The summed E-state index contributed by atoms with van der Waals surface area (Å²) in [5.74, 6) is 1.15. The highest BCUT2D eigenvalue weighted by atomic mass is 79.9. The summed E-state index contributed by atoms with van der Waals surface area (Å²) in [6.07, 6.45) is 2.45. The third kappa shape index (κ3) is 3.63. The topological polar surface area (TPSA) is 29.1 Å². The molecule has 1 unspecified atom stereocenters. The highest BCUT2D eigenvalue weighted by molar-refractivity contribution is 9.10. The minimum absolute atomic E-state index is 0.0631. The van der Waals surface area contributed by atoms with Crippen LogP contribution in [0.3, 0.4) is 0 Å². The monoisotopic (exact) mass is 333 g/mol. The summed E-state index contributed by atoms with van der Waals surface area (Å²) >= 11 is 11.2. The van der Waals surface area contributed by atoms with E-state index in [1.165, 1.54) is 18.6 Å². The van der Waals surface area contributed by atoms with E-state index in [0.29, 0.717) is 15.8 Å². The van der Waals surface area contributed by atoms with Gasteiger partial charge in [-0.2, -0.15) is 11.8 Å². The van der Waals surface area contributed by atoms with Gasteiger partial charge in [-0.05, 0) is 52.7 Å². The van der Waals surface area contributed by atoms with Crippen molar-refractivity contribution in [3.05, 3.63) is 33.3 Å². The van der Waals surface area contributed by atoms with Gasteiger partial charge < -0.3 is 5.32 Å². The van der Waals surface area contributed by atoms with E-state index in [-0.39, 0.29) is 5.91 Å². The molecule has 1 aromatic carbocycles. The molecule has 1 aliphatic heterocycles. The van der Waals surface area contributed by atoms with Crippen molar-refractivity contribution in [2.45, 2.75) is 18.1 Å². The second-order valence-corrected chi connectivity index (χ2v) is 6.67. The number of halogens is 2. The number of rotatable bonds is 3. The molecule has 0 aromatic heterocycles. The molecule has 1 aliphatic rings. The molecular weight excluding hydrogens is 322 g/mol. The summed E-state index contributed by atoms with van der Waals surface area (Å²) in [7, 11) is 0. The third-order valence-corrected chi connectivity index (χ3v) is 5.01. The number of benzene rings is 1. The highest BCUT2D eigenvalue weighted by Crippen LogP contribution is 2.26. The second-order valence-electron chi connectivity index (χ2n) is 3.97. The molecule has 0 aliphatic carbocycles. The molecule has 2 rings (SSSR count). The lowest BCUT2D eigenvalue weighted by Gasteiger charge is -2.11. The van der Waals surface area contributed by atoms with Gasteiger partial charge >= 0.3 is 0 Å². The summed E-state index contributed by atoms with van der Waals surface area (Å²) in [6.45, 7) is 0.739. The summed E-state index contributed by atoms with van der Waals surface area (Å²) in [5, 5.41) is 4.10. The molecule has 1 amide bonds. The zero-order valence-corrected chi connectivity index (χ0v) is 12.4. The van der Waals surface area contributed by atoms with Gasteiger partial charge in [0, 0.05) is 21.3 Å². The van der Waals surface area contributed by atoms with Gasteiger partial charge in [0.05, 0.1) is 5.56 Å². The van der Waals surface area contributed by atoms with Crippen molar-refractivity contribution < 1.29 is 4.79 Å². The van der Waals surface area contributed by atoms with E-state index in [9.17, 15) is 4.79 Å². The quantitative estimate of drug-likeness (QED) is 0.912. The number of carbonyl (C=O) groups is 1. The fourth-order valence-corrected chi connectivity index (χ4v) is 3.58. The van der Waals surface area contributed by atoms with E-state index in [1.54, 1.807) is 18.2 Å². The van der Waals surface area contributed by atoms with Crippen molar-refractivity contribution in [2.75, 3.05) is 12.3 Å². The Kier molecular flexibility index (Phi) is 4.77. The Labute approximate surface area is 119 Å². The van der Waals surface area contributed by atoms with Crippen molar-refractivity contribution in [2.24, 2.45) is 0 Å². The third-order valence-electron chi connectivity index (χ3n) is 2.69. The lowest BCUT2D eigenvalue weighted by atomic mass is 10.2. The van der Waals surface area contributed by atoms with Crippen LogP contribution in [0.5, 0.6) is 0 Å². The lowest BCUT2D eigenvalue weighted by Crippen LogP contribution is -2.29. The largest absolute Gasteiger partial charge is 0.351 e. The Hall–Kier alpha value is -0.190. The Morgan fingerprint density at radius 3 is 3.12 bits per heavy atom. The summed E-state index contributed by atoms with van der Waals surface area (Å²) in [6, 6.07) is 5.24. The van der Waals surface area contributed by atoms with E-state index in [1.807, 2.05) is 11.8 Å². The molecule has 1 atom stereocenters. The zero-order valence-electron chi connectivity index (χ0n) is 9.21. The Morgan fingerprint density at radius 1 is 1.59 bits per heavy atom. The number of amides is 1. The highest BCUT2D eigenvalue weighted by Gasteiger charge is 2.17. The molecule has 0 saturated carbocycles. The molecule has 92 valence electrons. The maximum absolute atomic E-state index is 12.0. The fraction of sp³-hybridized carbons (Fsp3) is 0.417. The van der Waals surface area contributed by atoms with Gasteiger partial charge in [-0.15, -0.1) is 0 Å². The molecule has 1 saturated heterocycles. The van der Waals surface area contributed by atoms with Crippen molar-refractivity contribution in [3.8, 4) is 0 Å². The van der Waals surface area contributed by atoms with Gasteiger partial charge in [-0.3, -0.25) is 4.79 Å². The molecular formula is C12H13BrClNOS. The van der Waals surface area contributed by atoms with Crippen LogP contribution in [-0.4, -0.2) is 23.5 Å². The minimum Gasteiger partial charge on any atom is -0.351 e. The molecule has 2 nitrogen and oxygen atoms in total. The number of nitrogens with one attached hydrogen (secondary N) is 1. The maximum Gasteiger partial charge on any atom is 0.252 e. The number of thioether (sulfide) groups is 1. The predicted octanol–water partition coefficient (Wildman–Crippen LogP) is 3.73. The normalized spacial score (nSPS) is 19.3.